The maximum absolute atomic E-state index is 12.2. The van der Waals surface area contributed by atoms with Crippen LogP contribution in [0, 0.1) is 0 Å². The molecule has 19 heavy (non-hydrogen) atoms. The summed E-state index contributed by atoms with van der Waals surface area (Å²) < 4.78 is 5.33. The van der Waals surface area contributed by atoms with Gasteiger partial charge in [-0.1, -0.05) is 0 Å². The molecule has 0 saturated carbocycles. The fourth-order valence-corrected chi connectivity index (χ4v) is 2.65. The Hall–Kier alpha value is -1.62. The van der Waals surface area contributed by atoms with Crippen molar-refractivity contribution in [3.63, 3.8) is 0 Å². The molecule has 1 aromatic rings. The highest BCUT2D eigenvalue weighted by atomic mass is 16.5. The number of likely N-dealkylation sites (tertiary alicyclic amines) is 1. The summed E-state index contributed by atoms with van der Waals surface area (Å²) in [5.74, 6) is 1.20. The average Bonchev–Trinajstić information content (AvgIpc) is 3.02. The molecular formula is C14H20N3O2+. The normalized spacial score (nSPS) is 19.8. The van der Waals surface area contributed by atoms with Gasteiger partial charge in [0.25, 0.3) is 11.7 Å². The first-order valence-corrected chi connectivity index (χ1v) is 6.98. The van der Waals surface area contributed by atoms with Crippen LogP contribution in [-0.4, -0.2) is 50.2 Å². The molecule has 0 unspecified atom stereocenters. The summed E-state index contributed by atoms with van der Waals surface area (Å²) in [4.78, 5) is 19.6. The topological polar surface area (TPSA) is 46.9 Å². The fourth-order valence-electron chi connectivity index (χ4n) is 2.65. The van der Waals surface area contributed by atoms with Crippen LogP contribution in [0.15, 0.2) is 18.3 Å². The Morgan fingerprint density at radius 2 is 1.84 bits per heavy atom. The van der Waals surface area contributed by atoms with Crippen molar-refractivity contribution in [2.75, 3.05) is 44.3 Å². The van der Waals surface area contributed by atoms with E-state index in [0.29, 0.717) is 0 Å². The summed E-state index contributed by atoms with van der Waals surface area (Å²) in [6.45, 7) is 5.12. The van der Waals surface area contributed by atoms with E-state index in [4.69, 9.17) is 4.74 Å². The summed E-state index contributed by atoms with van der Waals surface area (Å²) in [7, 11) is 0. The third-order valence-corrected chi connectivity index (χ3v) is 3.79. The predicted octanol–water partition coefficient (Wildman–Crippen LogP) is 0.573. The third kappa shape index (κ3) is 2.71. The Morgan fingerprint density at radius 1 is 1.11 bits per heavy atom. The van der Waals surface area contributed by atoms with Crippen LogP contribution in [0.5, 0.6) is 0 Å². The van der Waals surface area contributed by atoms with Crippen LogP contribution in [0.4, 0.5) is 5.82 Å². The van der Waals surface area contributed by atoms with E-state index in [1.54, 1.807) is 0 Å². The minimum Gasteiger partial charge on any atom is -0.373 e. The second-order valence-electron chi connectivity index (χ2n) is 5.06. The number of amides is 1. The number of aromatic nitrogens is 1. The molecule has 3 heterocycles. The summed E-state index contributed by atoms with van der Waals surface area (Å²) in [6, 6.07) is 3.91. The van der Waals surface area contributed by atoms with Gasteiger partial charge in [-0.3, -0.25) is 9.69 Å². The molecule has 1 amide bonds. The van der Waals surface area contributed by atoms with Crippen molar-refractivity contribution < 1.29 is 14.5 Å². The molecule has 0 aromatic carbocycles. The van der Waals surface area contributed by atoms with Crippen molar-refractivity contribution in [2.24, 2.45) is 0 Å². The zero-order valence-corrected chi connectivity index (χ0v) is 11.1. The summed E-state index contributed by atoms with van der Waals surface area (Å²) in [5.41, 5.74) is 0.749. The Bertz CT molecular complexity index is 435. The van der Waals surface area contributed by atoms with Crippen LogP contribution in [0.2, 0.25) is 0 Å². The number of carbonyl (C=O) groups is 1. The van der Waals surface area contributed by atoms with E-state index in [0.717, 1.165) is 63.6 Å². The van der Waals surface area contributed by atoms with E-state index in [1.165, 1.54) is 0 Å². The number of carbonyl (C=O) groups excluding carboxylic acids is 1. The van der Waals surface area contributed by atoms with Gasteiger partial charge in [0.2, 0.25) is 0 Å². The van der Waals surface area contributed by atoms with Crippen LogP contribution in [0.25, 0.3) is 0 Å². The molecule has 2 aliphatic heterocycles. The quantitative estimate of drug-likeness (QED) is 0.783. The minimum absolute atomic E-state index is 0.141. The molecule has 1 aromatic heterocycles. The smallest absolute Gasteiger partial charge is 0.274 e. The first kappa shape index (κ1) is 12.4. The molecular weight excluding hydrogens is 242 g/mol. The molecule has 2 aliphatic rings. The third-order valence-electron chi connectivity index (χ3n) is 3.79. The summed E-state index contributed by atoms with van der Waals surface area (Å²) >= 11 is 0. The van der Waals surface area contributed by atoms with Crippen molar-refractivity contribution in [1.82, 2.24) is 4.90 Å². The van der Waals surface area contributed by atoms with Crippen LogP contribution in [-0.2, 0) is 4.74 Å². The van der Waals surface area contributed by atoms with Gasteiger partial charge in [-0.05, 0) is 18.9 Å². The maximum atomic E-state index is 12.2. The van der Waals surface area contributed by atoms with E-state index in [-0.39, 0.29) is 5.91 Å². The number of morpholine rings is 1. The molecule has 3 rings (SSSR count). The molecule has 5 heteroatoms. The van der Waals surface area contributed by atoms with Gasteiger partial charge in [0.1, 0.15) is 19.3 Å². The van der Waals surface area contributed by atoms with Crippen molar-refractivity contribution in [2.45, 2.75) is 12.8 Å². The number of nitrogens with zero attached hydrogens (tertiary/aromatic N) is 2. The number of rotatable bonds is 2. The molecule has 0 aliphatic carbocycles. The average molecular weight is 262 g/mol. The van der Waals surface area contributed by atoms with Crippen molar-refractivity contribution in [1.29, 1.82) is 0 Å². The number of hydrogen-bond acceptors (Lipinski definition) is 3. The lowest BCUT2D eigenvalue weighted by Gasteiger charge is -2.21. The van der Waals surface area contributed by atoms with Crippen molar-refractivity contribution in [3.05, 3.63) is 23.9 Å². The van der Waals surface area contributed by atoms with Gasteiger partial charge in [-0.15, -0.1) is 0 Å². The number of ether oxygens (including phenoxy) is 1. The molecule has 0 atom stereocenters. The van der Waals surface area contributed by atoms with E-state index in [1.807, 2.05) is 23.2 Å². The van der Waals surface area contributed by atoms with Crippen LogP contribution < -0.4 is 9.88 Å². The summed E-state index contributed by atoms with van der Waals surface area (Å²) in [6.07, 6.45) is 4.08. The van der Waals surface area contributed by atoms with Gasteiger partial charge >= 0.3 is 0 Å². The zero-order valence-electron chi connectivity index (χ0n) is 11.1. The Morgan fingerprint density at radius 3 is 2.47 bits per heavy atom. The highest BCUT2D eigenvalue weighted by Gasteiger charge is 2.22. The standard InChI is InChI=1S/C14H19N3O2/c18-14(17-5-1-2-6-17)12-3-4-13(15-11-12)16-7-9-19-10-8-16/h3-4,11H,1-2,5-10H2/p+1. The van der Waals surface area contributed by atoms with Gasteiger partial charge in [-0.25, -0.2) is 4.98 Å². The highest BCUT2D eigenvalue weighted by Crippen LogP contribution is 2.14. The van der Waals surface area contributed by atoms with E-state index < -0.39 is 0 Å². The highest BCUT2D eigenvalue weighted by molar-refractivity contribution is 5.93. The fraction of sp³-hybridized carbons (Fsp3) is 0.571. The molecule has 5 nitrogen and oxygen atoms in total. The Labute approximate surface area is 113 Å². The second-order valence-corrected chi connectivity index (χ2v) is 5.06. The van der Waals surface area contributed by atoms with Crippen molar-refractivity contribution in [3.8, 4) is 0 Å². The lowest BCUT2D eigenvalue weighted by atomic mass is 10.2. The van der Waals surface area contributed by atoms with Crippen LogP contribution >= 0.6 is 0 Å². The van der Waals surface area contributed by atoms with Gasteiger partial charge in [0, 0.05) is 19.2 Å². The van der Waals surface area contributed by atoms with E-state index in [9.17, 15) is 4.79 Å². The van der Waals surface area contributed by atoms with Gasteiger partial charge in [0.15, 0.2) is 0 Å². The zero-order chi connectivity index (χ0) is 13.1. The number of aromatic amines is 1. The first-order chi connectivity index (χ1) is 9.34. The largest absolute Gasteiger partial charge is 0.373 e. The lowest BCUT2D eigenvalue weighted by Crippen LogP contribution is -2.39. The van der Waals surface area contributed by atoms with Crippen LogP contribution in [0.3, 0.4) is 0 Å². The Balaban J connectivity index is 1.69. The number of H-pyrrole nitrogens is 1. The molecule has 1 N–H and O–H groups in total. The van der Waals surface area contributed by atoms with Gasteiger partial charge < -0.3 is 9.64 Å². The predicted molar refractivity (Wildman–Crippen MR) is 71.2 cm³/mol. The minimum atomic E-state index is 0.141. The lowest BCUT2D eigenvalue weighted by molar-refractivity contribution is -0.364. The number of hydrogen-bond donors (Lipinski definition) is 0. The molecule has 2 saturated heterocycles. The molecule has 102 valence electrons. The second kappa shape index (κ2) is 5.57. The SMILES string of the molecule is O=C(c1ccc(N2CCOCC2)[nH+]c1)N1CCCC1. The molecule has 2 fully saturated rings. The number of nitrogens with one attached hydrogen (secondary N) is 1. The van der Waals surface area contributed by atoms with Gasteiger partial charge in [-0.2, -0.15) is 0 Å². The Kier molecular flexibility index (Phi) is 3.64. The summed E-state index contributed by atoms with van der Waals surface area (Å²) in [5, 5.41) is 0. The number of pyridine rings is 1. The van der Waals surface area contributed by atoms with E-state index in [2.05, 4.69) is 9.88 Å². The van der Waals surface area contributed by atoms with Crippen molar-refractivity contribution >= 4 is 11.7 Å². The first-order valence-electron chi connectivity index (χ1n) is 6.98. The van der Waals surface area contributed by atoms with Gasteiger partial charge in [0.05, 0.1) is 18.8 Å². The molecule has 0 bridgehead atoms. The maximum Gasteiger partial charge on any atom is 0.274 e. The van der Waals surface area contributed by atoms with Crippen LogP contribution in [0.1, 0.15) is 23.2 Å². The van der Waals surface area contributed by atoms with E-state index >= 15 is 0 Å². The molecule has 0 spiro atoms. The molecule has 0 radical (unpaired) electrons. The monoisotopic (exact) mass is 262 g/mol. The number of anilines is 1.